The molecule has 1 unspecified atom stereocenters. The quantitative estimate of drug-likeness (QED) is 0.817. The predicted octanol–water partition coefficient (Wildman–Crippen LogP) is 2.42. The first-order chi connectivity index (χ1) is 8.38. The van der Waals surface area contributed by atoms with Crippen LogP contribution in [0.1, 0.15) is 20.3 Å². The molecule has 0 aliphatic heterocycles. The van der Waals surface area contributed by atoms with E-state index in [0.29, 0.717) is 6.42 Å². The Kier molecular flexibility index (Phi) is 4.72. The maximum atomic E-state index is 13.3. The van der Waals surface area contributed by atoms with Gasteiger partial charge in [0.2, 0.25) is 5.91 Å². The van der Waals surface area contributed by atoms with Crippen LogP contribution in [0.25, 0.3) is 0 Å². The molecule has 0 aliphatic carbocycles. The van der Waals surface area contributed by atoms with Crippen LogP contribution >= 0.6 is 0 Å². The number of nitrogens with one attached hydrogen (secondary N) is 1. The van der Waals surface area contributed by atoms with E-state index in [1.807, 2.05) is 6.92 Å². The summed E-state index contributed by atoms with van der Waals surface area (Å²) in [5, 5.41) is 2.15. The Labute approximate surface area is 103 Å². The van der Waals surface area contributed by atoms with Crippen molar-refractivity contribution in [3.63, 3.8) is 0 Å². The van der Waals surface area contributed by atoms with Gasteiger partial charge >= 0.3 is 0 Å². The summed E-state index contributed by atoms with van der Waals surface area (Å²) in [7, 11) is 0. The summed E-state index contributed by atoms with van der Waals surface area (Å²) in [5.41, 5.74) is 5.22. The molecule has 0 bridgehead atoms. The van der Waals surface area contributed by atoms with E-state index in [1.54, 1.807) is 6.92 Å². The van der Waals surface area contributed by atoms with Crippen LogP contribution in [0, 0.1) is 23.4 Å². The Morgan fingerprint density at radius 2 is 1.94 bits per heavy atom. The molecule has 0 aromatic heterocycles. The predicted molar refractivity (Wildman–Crippen MR) is 62.4 cm³/mol. The smallest absolute Gasteiger partial charge is 0.241 e. The number of nitrogens with two attached hydrogens (primary N) is 1. The van der Waals surface area contributed by atoms with Crippen molar-refractivity contribution >= 4 is 11.6 Å². The fourth-order valence-corrected chi connectivity index (χ4v) is 1.35. The summed E-state index contributed by atoms with van der Waals surface area (Å²) < 4.78 is 38.9. The largest absolute Gasteiger partial charge is 0.322 e. The van der Waals surface area contributed by atoms with Crippen molar-refractivity contribution in [3.8, 4) is 0 Å². The number of rotatable bonds is 4. The van der Waals surface area contributed by atoms with Crippen LogP contribution in [0.4, 0.5) is 18.9 Å². The van der Waals surface area contributed by atoms with Gasteiger partial charge in [0.05, 0.1) is 11.7 Å². The van der Waals surface area contributed by atoms with Crippen molar-refractivity contribution in [1.82, 2.24) is 0 Å². The summed E-state index contributed by atoms with van der Waals surface area (Å²) in [4.78, 5) is 11.6. The molecule has 0 heterocycles. The third-order valence-electron chi connectivity index (χ3n) is 2.85. The summed E-state index contributed by atoms with van der Waals surface area (Å²) in [6.45, 7) is 3.63. The normalized spacial score (nSPS) is 14.1. The van der Waals surface area contributed by atoms with E-state index in [1.165, 1.54) is 0 Å². The Balaban J connectivity index is 2.86. The van der Waals surface area contributed by atoms with Gasteiger partial charge in [0.1, 0.15) is 0 Å². The van der Waals surface area contributed by atoms with Crippen molar-refractivity contribution < 1.29 is 18.0 Å². The standard InChI is InChI=1S/C12H15F3N2O/c1-3-6(2)11(16)12(18)17-8-5-4-7(13)9(14)10(8)15/h4-6,11H,3,16H2,1-2H3,(H,17,18)/t6?,11-/m0/s1. The number of hydrogen-bond acceptors (Lipinski definition) is 2. The van der Waals surface area contributed by atoms with Crippen LogP contribution in [0.5, 0.6) is 0 Å². The average molecular weight is 260 g/mol. The Bertz CT molecular complexity index is 451. The van der Waals surface area contributed by atoms with Gasteiger partial charge in [-0.15, -0.1) is 0 Å². The summed E-state index contributed by atoms with van der Waals surface area (Å²) in [6.07, 6.45) is 0.675. The van der Waals surface area contributed by atoms with Gasteiger partial charge in [0.25, 0.3) is 0 Å². The molecule has 3 N–H and O–H groups in total. The SMILES string of the molecule is CCC(C)[C@H](N)C(=O)Nc1ccc(F)c(F)c1F. The van der Waals surface area contributed by atoms with Crippen molar-refractivity contribution in [2.45, 2.75) is 26.3 Å². The molecule has 3 nitrogen and oxygen atoms in total. The zero-order valence-electron chi connectivity index (χ0n) is 10.1. The molecule has 2 atom stereocenters. The van der Waals surface area contributed by atoms with Gasteiger partial charge in [-0.05, 0) is 18.1 Å². The molecular weight excluding hydrogens is 245 g/mol. The molecule has 1 amide bonds. The minimum atomic E-state index is -1.62. The number of carbonyl (C=O) groups excluding carboxylic acids is 1. The lowest BCUT2D eigenvalue weighted by Gasteiger charge is -2.18. The van der Waals surface area contributed by atoms with Crippen molar-refractivity contribution in [1.29, 1.82) is 0 Å². The van der Waals surface area contributed by atoms with E-state index >= 15 is 0 Å². The topological polar surface area (TPSA) is 55.1 Å². The fraction of sp³-hybridized carbons (Fsp3) is 0.417. The van der Waals surface area contributed by atoms with Gasteiger partial charge in [-0.1, -0.05) is 20.3 Å². The first kappa shape index (κ1) is 14.5. The molecule has 0 saturated heterocycles. The Hall–Kier alpha value is -1.56. The summed E-state index contributed by atoms with van der Waals surface area (Å²) in [5.74, 6) is -5.09. The lowest BCUT2D eigenvalue weighted by atomic mass is 9.99. The van der Waals surface area contributed by atoms with Crippen molar-refractivity contribution in [2.75, 3.05) is 5.32 Å². The van der Waals surface area contributed by atoms with Gasteiger partial charge in [-0.25, -0.2) is 13.2 Å². The van der Waals surface area contributed by atoms with E-state index in [-0.39, 0.29) is 5.92 Å². The van der Waals surface area contributed by atoms with Gasteiger partial charge in [0.15, 0.2) is 17.5 Å². The summed E-state index contributed by atoms with van der Waals surface area (Å²) >= 11 is 0. The highest BCUT2D eigenvalue weighted by Gasteiger charge is 2.22. The first-order valence-corrected chi connectivity index (χ1v) is 5.58. The third-order valence-corrected chi connectivity index (χ3v) is 2.85. The van der Waals surface area contributed by atoms with E-state index in [2.05, 4.69) is 5.32 Å². The minimum Gasteiger partial charge on any atom is -0.322 e. The van der Waals surface area contributed by atoms with E-state index in [0.717, 1.165) is 12.1 Å². The average Bonchev–Trinajstić information content (AvgIpc) is 2.37. The molecule has 0 saturated carbocycles. The lowest BCUT2D eigenvalue weighted by Crippen LogP contribution is -2.40. The van der Waals surface area contributed by atoms with E-state index in [9.17, 15) is 18.0 Å². The molecule has 0 spiro atoms. The molecule has 0 radical (unpaired) electrons. The molecule has 1 aromatic rings. The first-order valence-electron chi connectivity index (χ1n) is 5.58. The molecule has 0 aliphatic rings. The van der Waals surface area contributed by atoms with Crippen LogP contribution < -0.4 is 11.1 Å². The highest BCUT2D eigenvalue weighted by atomic mass is 19.2. The van der Waals surface area contributed by atoms with E-state index in [4.69, 9.17) is 5.73 Å². The van der Waals surface area contributed by atoms with Crippen LogP contribution in [0.2, 0.25) is 0 Å². The zero-order valence-corrected chi connectivity index (χ0v) is 10.1. The lowest BCUT2D eigenvalue weighted by molar-refractivity contribution is -0.118. The van der Waals surface area contributed by atoms with Crippen molar-refractivity contribution in [3.05, 3.63) is 29.6 Å². The second-order valence-corrected chi connectivity index (χ2v) is 4.12. The van der Waals surface area contributed by atoms with Crippen LogP contribution in [-0.2, 0) is 4.79 Å². The van der Waals surface area contributed by atoms with Gasteiger partial charge in [-0.3, -0.25) is 4.79 Å². The Morgan fingerprint density at radius 1 is 1.33 bits per heavy atom. The Morgan fingerprint density at radius 3 is 2.50 bits per heavy atom. The number of anilines is 1. The maximum Gasteiger partial charge on any atom is 0.241 e. The van der Waals surface area contributed by atoms with Gasteiger partial charge < -0.3 is 11.1 Å². The second-order valence-electron chi connectivity index (χ2n) is 4.12. The fourth-order valence-electron chi connectivity index (χ4n) is 1.35. The van der Waals surface area contributed by atoms with Crippen molar-refractivity contribution in [2.24, 2.45) is 11.7 Å². The molecule has 1 rings (SSSR count). The summed E-state index contributed by atoms with van der Waals surface area (Å²) in [6, 6.07) is 0.861. The van der Waals surface area contributed by atoms with Gasteiger partial charge in [0, 0.05) is 0 Å². The second kappa shape index (κ2) is 5.86. The number of carbonyl (C=O) groups is 1. The molecule has 100 valence electrons. The third kappa shape index (κ3) is 3.01. The molecule has 18 heavy (non-hydrogen) atoms. The number of benzene rings is 1. The highest BCUT2D eigenvalue weighted by Crippen LogP contribution is 2.20. The molecular formula is C12H15F3N2O. The minimum absolute atomic E-state index is 0.0987. The highest BCUT2D eigenvalue weighted by molar-refractivity contribution is 5.94. The number of hydrogen-bond donors (Lipinski definition) is 2. The van der Waals surface area contributed by atoms with Crippen LogP contribution in [0.15, 0.2) is 12.1 Å². The molecule has 1 aromatic carbocycles. The maximum absolute atomic E-state index is 13.3. The molecule has 6 heteroatoms. The monoisotopic (exact) mass is 260 g/mol. The number of amides is 1. The number of halogens is 3. The van der Waals surface area contributed by atoms with Gasteiger partial charge in [-0.2, -0.15) is 0 Å². The van der Waals surface area contributed by atoms with E-state index < -0.39 is 35.1 Å². The van der Waals surface area contributed by atoms with Crippen LogP contribution in [0.3, 0.4) is 0 Å². The zero-order chi connectivity index (χ0) is 13.9. The molecule has 0 fully saturated rings. The van der Waals surface area contributed by atoms with Crippen LogP contribution in [-0.4, -0.2) is 11.9 Å².